The van der Waals surface area contributed by atoms with E-state index >= 15 is 0 Å². The number of nitrogens with one attached hydrogen (secondary N) is 1. The molecule has 0 saturated carbocycles. The molecule has 0 bridgehead atoms. The predicted octanol–water partition coefficient (Wildman–Crippen LogP) is 3.06. The van der Waals surface area contributed by atoms with E-state index in [1.165, 1.54) is 29.6 Å². The summed E-state index contributed by atoms with van der Waals surface area (Å²) in [4.78, 5) is 38.7. The smallest absolute Gasteiger partial charge is 0.330 e. The van der Waals surface area contributed by atoms with E-state index in [4.69, 9.17) is 16.6 Å². The van der Waals surface area contributed by atoms with Gasteiger partial charge in [0.1, 0.15) is 6.23 Å². The van der Waals surface area contributed by atoms with Crippen LogP contribution in [0.15, 0.2) is 46.1 Å². The van der Waals surface area contributed by atoms with Crippen LogP contribution in [0.4, 0.5) is 0 Å². The number of hydrogen-bond acceptors (Lipinski definition) is 9. The van der Waals surface area contributed by atoms with E-state index < -0.39 is 38.2 Å². The highest BCUT2D eigenvalue weighted by molar-refractivity contribution is 8.14. The van der Waals surface area contributed by atoms with Crippen LogP contribution >= 0.6 is 20.3 Å². The number of hydrogen-bond donors (Lipinski definition) is 2. The number of carbonyl (C=O) groups is 1. The molecule has 2 unspecified atom stereocenters. The molecular formula is C24H34N3O7PS. The van der Waals surface area contributed by atoms with Gasteiger partial charge in [0, 0.05) is 51.1 Å². The number of aliphatic hydroxyl groups excluding tert-OH is 1. The zero-order valence-electron chi connectivity index (χ0n) is 22.5. The Morgan fingerprint density at radius 2 is 2.08 bits per heavy atom. The van der Waals surface area contributed by atoms with Crippen LogP contribution in [0.2, 0.25) is 0 Å². The van der Waals surface area contributed by atoms with E-state index in [0.717, 1.165) is 25.9 Å². The van der Waals surface area contributed by atoms with Gasteiger partial charge < -0.3 is 18.9 Å². The van der Waals surface area contributed by atoms with Crippen LogP contribution in [-0.4, -0.2) is 70.6 Å². The molecule has 4 atom stereocenters. The van der Waals surface area contributed by atoms with Crippen molar-refractivity contribution in [3.8, 4) is 0 Å². The summed E-state index contributed by atoms with van der Waals surface area (Å²) in [5.41, 5.74) is 0.0951. The van der Waals surface area contributed by atoms with Gasteiger partial charge in [-0.05, 0) is 26.7 Å². The number of ether oxygens (including phenoxy) is 1. The third-order valence-corrected chi connectivity index (χ3v) is 8.29. The molecule has 2 fully saturated rings. The molecule has 1 aromatic carbocycles. The van der Waals surface area contributed by atoms with Gasteiger partial charge >= 0.3 is 5.69 Å². The fraction of sp³-hybridized carbons (Fsp3) is 0.542. The Balaban J connectivity index is 0.00000127. The zero-order valence-corrected chi connectivity index (χ0v) is 22.2. The number of H-pyrrole nitrogens is 1. The topological polar surface area (TPSA) is 123 Å². The number of nitrogens with zero attached hydrogens (tertiary/aromatic N) is 2. The lowest BCUT2D eigenvalue weighted by molar-refractivity contribution is -0.00804. The second-order valence-corrected chi connectivity index (χ2v) is 10.8. The molecule has 10 nitrogen and oxygen atoms in total. The first kappa shape index (κ1) is 25.8. The number of aryl methyl sites for hydroxylation is 1. The highest BCUT2D eigenvalue weighted by Gasteiger charge is 2.38. The fourth-order valence-corrected chi connectivity index (χ4v) is 6.30. The molecule has 0 amide bonds. The van der Waals surface area contributed by atoms with E-state index in [9.17, 15) is 14.4 Å². The Morgan fingerprint density at radius 3 is 2.78 bits per heavy atom. The van der Waals surface area contributed by atoms with Crippen LogP contribution in [0.5, 0.6) is 0 Å². The van der Waals surface area contributed by atoms with Gasteiger partial charge in [-0.1, -0.05) is 42.1 Å². The predicted molar refractivity (Wildman–Crippen MR) is 140 cm³/mol. The van der Waals surface area contributed by atoms with Crippen molar-refractivity contribution in [2.24, 2.45) is 0 Å². The number of aromatic amines is 1. The minimum absolute atomic E-state index is 0.00330. The first-order valence-corrected chi connectivity index (χ1v) is 13.8. The molecule has 3 heterocycles. The van der Waals surface area contributed by atoms with Crippen molar-refractivity contribution < 1.29 is 25.1 Å². The number of rotatable bonds is 9. The van der Waals surface area contributed by atoms with Gasteiger partial charge in [0.2, 0.25) is 6.55 Å². The molecule has 2 saturated heterocycles. The van der Waals surface area contributed by atoms with Crippen molar-refractivity contribution in [3.05, 3.63) is 68.5 Å². The van der Waals surface area contributed by atoms with Gasteiger partial charge in [-0.2, -0.15) is 0 Å². The SMILES string of the molecule is [2H]C[C@H]1O[C@@H](n2cc(C)c(=O)[nH]c2=O)CC1OP(OCCSC(=O)c1ccccc1)N1CCCC1.[3H]OC. The van der Waals surface area contributed by atoms with Gasteiger partial charge in [-0.25, -0.2) is 9.46 Å². The Labute approximate surface area is 218 Å². The van der Waals surface area contributed by atoms with Crippen molar-refractivity contribution in [3.63, 3.8) is 0 Å². The second kappa shape index (κ2) is 14.2. The molecule has 2 N–H and O–H groups in total. The monoisotopic (exact) mass is 542 g/mol. The van der Waals surface area contributed by atoms with Crippen LogP contribution in [0.25, 0.3) is 0 Å². The molecule has 198 valence electrons. The molecule has 2 aliphatic rings. The van der Waals surface area contributed by atoms with E-state index in [0.29, 0.717) is 29.9 Å². The summed E-state index contributed by atoms with van der Waals surface area (Å²) < 4.78 is 35.6. The van der Waals surface area contributed by atoms with E-state index in [1.54, 1.807) is 19.1 Å². The summed E-state index contributed by atoms with van der Waals surface area (Å²) in [6.07, 6.45) is 2.39. The number of aromatic nitrogens is 2. The summed E-state index contributed by atoms with van der Waals surface area (Å²) in [6.45, 7) is 3.68. The summed E-state index contributed by atoms with van der Waals surface area (Å²) in [6, 6.07) is 9.15. The van der Waals surface area contributed by atoms with Crippen LogP contribution in [0.1, 0.15) is 49.7 Å². The largest absolute Gasteiger partial charge is 0.400 e. The summed E-state index contributed by atoms with van der Waals surface area (Å²) in [5.74, 6) is 0.501. The van der Waals surface area contributed by atoms with Crippen molar-refractivity contribution in [1.82, 2.24) is 14.2 Å². The van der Waals surface area contributed by atoms with Gasteiger partial charge in [-0.3, -0.25) is 19.1 Å². The maximum atomic E-state index is 12.3. The Hall–Kier alpha value is -1.85. The number of thioether (sulfide) groups is 1. The summed E-state index contributed by atoms with van der Waals surface area (Å²) in [7, 11) is -0.105. The quantitative estimate of drug-likeness (QED) is 0.364. The van der Waals surface area contributed by atoms with Crippen LogP contribution in [-0.2, 0) is 13.8 Å². The molecular weight excluding hydrogens is 505 g/mol. The van der Waals surface area contributed by atoms with Crippen LogP contribution < -0.4 is 11.2 Å². The molecule has 12 heteroatoms. The molecule has 2 aliphatic heterocycles. The molecule has 0 aliphatic carbocycles. The van der Waals surface area contributed by atoms with Crippen LogP contribution in [0, 0.1) is 6.92 Å². The lowest BCUT2D eigenvalue weighted by atomic mass is 10.2. The lowest BCUT2D eigenvalue weighted by Gasteiger charge is -2.28. The van der Waals surface area contributed by atoms with Crippen molar-refractivity contribution >= 4 is 25.4 Å². The summed E-state index contributed by atoms with van der Waals surface area (Å²) in [5, 5.41) is 3.50. The highest BCUT2D eigenvalue weighted by atomic mass is 32.2. The molecule has 36 heavy (non-hydrogen) atoms. The number of aliphatic hydroxyl groups is 1. The Morgan fingerprint density at radius 1 is 1.36 bits per heavy atom. The standard InChI is InChI=1S/C23H30N3O6PS.CH4O/c1-16-15-26(23(29)24-21(16)27)20-14-19(17(2)31-20)32-33(25-10-6-7-11-25)30-12-13-34-22(28)18-8-4-3-5-9-18;1-2/h3-5,8-9,15,17,19-20H,6-7,10-14H2,1-2H3,(H,24,27,29);2H,1H3/t17-,19?,20-,33?;/m1./s1/i2D;2T. The molecule has 2 aromatic rings. The second-order valence-electron chi connectivity index (χ2n) is 8.22. The summed E-state index contributed by atoms with van der Waals surface area (Å²) >= 11 is 1.21. The van der Waals surface area contributed by atoms with Crippen molar-refractivity contribution in [2.75, 3.05) is 32.6 Å². The minimum Gasteiger partial charge on any atom is -0.400 e. The third kappa shape index (κ3) is 7.58. The van der Waals surface area contributed by atoms with Gasteiger partial charge in [0.15, 0.2) is 0 Å². The maximum absolute atomic E-state index is 12.3. The molecule has 0 spiro atoms. The lowest BCUT2D eigenvalue weighted by Crippen LogP contribution is -2.33. The molecule has 1 aromatic heterocycles. The minimum atomic E-state index is -1.40. The first-order chi connectivity index (χ1) is 18.4. The highest BCUT2D eigenvalue weighted by Crippen LogP contribution is 2.49. The van der Waals surface area contributed by atoms with Crippen molar-refractivity contribution in [1.29, 1.82) is 1.43 Å². The first-order valence-electron chi connectivity index (χ1n) is 12.8. The fourth-order valence-electron chi connectivity index (χ4n) is 3.85. The molecule has 4 rings (SSSR count). The zero-order chi connectivity index (χ0) is 27.5. The maximum Gasteiger partial charge on any atom is 0.330 e. The average molecular weight is 543 g/mol. The van der Waals surface area contributed by atoms with E-state index in [1.807, 2.05) is 18.2 Å². The number of benzene rings is 1. The third-order valence-electron chi connectivity index (χ3n) is 5.70. The van der Waals surface area contributed by atoms with Crippen molar-refractivity contribution in [2.45, 2.75) is 51.5 Å². The van der Waals surface area contributed by atoms with E-state index in [2.05, 4.69) is 14.8 Å². The average Bonchev–Trinajstić information content (AvgIpc) is 3.59. The molecule has 0 radical (unpaired) electrons. The van der Waals surface area contributed by atoms with Gasteiger partial charge in [0.05, 0.1) is 18.8 Å². The van der Waals surface area contributed by atoms with Crippen LogP contribution in [0.3, 0.4) is 0 Å². The Bertz CT molecular complexity index is 1130. The normalized spacial score (nSPS) is 23.4. The van der Waals surface area contributed by atoms with Gasteiger partial charge in [0.25, 0.3) is 14.1 Å². The Kier molecular flexibility index (Phi) is 10.2. The van der Waals surface area contributed by atoms with E-state index in [-0.39, 0.29) is 12.0 Å². The van der Waals surface area contributed by atoms with Gasteiger partial charge in [-0.15, -0.1) is 0 Å². The number of carbonyl (C=O) groups excluding carboxylic acids is 1.